The van der Waals surface area contributed by atoms with Gasteiger partial charge >= 0.3 is 0 Å². The van der Waals surface area contributed by atoms with Gasteiger partial charge in [-0.25, -0.2) is 4.98 Å². The maximum absolute atomic E-state index is 5.47. The standard InChI is InChI=1S/C8H14BrN3/c1-6(2)12-7(9)5-11-8(12)3-4-10/h5-6H,3-4,10H2,1-2H3. The van der Waals surface area contributed by atoms with E-state index in [9.17, 15) is 0 Å². The first kappa shape index (κ1) is 9.74. The van der Waals surface area contributed by atoms with Gasteiger partial charge in [-0.15, -0.1) is 0 Å². The fraction of sp³-hybridized carbons (Fsp3) is 0.625. The molecule has 0 unspecified atom stereocenters. The normalized spacial score (nSPS) is 11.1. The van der Waals surface area contributed by atoms with Gasteiger partial charge in [-0.2, -0.15) is 0 Å². The molecule has 0 atom stereocenters. The van der Waals surface area contributed by atoms with Gasteiger partial charge in [-0.05, 0) is 36.3 Å². The van der Waals surface area contributed by atoms with Crippen LogP contribution in [-0.4, -0.2) is 16.1 Å². The van der Waals surface area contributed by atoms with Crippen LogP contribution in [0.25, 0.3) is 0 Å². The van der Waals surface area contributed by atoms with Crippen molar-refractivity contribution in [2.45, 2.75) is 26.3 Å². The van der Waals surface area contributed by atoms with E-state index < -0.39 is 0 Å². The number of imidazole rings is 1. The highest BCUT2D eigenvalue weighted by atomic mass is 79.9. The lowest BCUT2D eigenvalue weighted by atomic mass is 10.3. The monoisotopic (exact) mass is 231 g/mol. The van der Waals surface area contributed by atoms with Gasteiger partial charge in [0.25, 0.3) is 0 Å². The molecule has 1 rings (SSSR count). The molecular formula is C8H14BrN3. The molecule has 1 heterocycles. The zero-order valence-corrected chi connectivity index (χ0v) is 9.00. The third-order valence-corrected chi connectivity index (χ3v) is 2.30. The van der Waals surface area contributed by atoms with Crippen molar-refractivity contribution in [1.82, 2.24) is 9.55 Å². The summed E-state index contributed by atoms with van der Waals surface area (Å²) < 4.78 is 3.17. The number of aromatic nitrogens is 2. The molecule has 1 aromatic rings. The van der Waals surface area contributed by atoms with Crippen LogP contribution in [-0.2, 0) is 6.42 Å². The van der Waals surface area contributed by atoms with E-state index in [-0.39, 0.29) is 0 Å². The Morgan fingerprint density at radius 1 is 1.67 bits per heavy atom. The van der Waals surface area contributed by atoms with Crippen molar-refractivity contribution in [2.24, 2.45) is 5.73 Å². The summed E-state index contributed by atoms with van der Waals surface area (Å²) in [6.07, 6.45) is 2.66. The molecule has 4 heteroatoms. The van der Waals surface area contributed by atoms with Crippen molar-refractivity contribution in [1.29, 1.82) is 0 Å². The van der Waals surface area contributed by atoms with Crippen molar-refractivity contribution in [3.8, 4) is 0 Å². The Bertz CT molecular complexity index is 255. The van der Waals surface area contributed by atoms with Crippen LogP contribution in [0.2, 0.25) is 0 Å². The summed E-state index contributed by atoms with van der Waals surface area (Å²) in [6, 6.07) is 0.434. The van der Waals surface area contributed by atoms with Crippen molar-refractivity contribution in [3.63, 3.8) is 0 Å². The molecule has 0 saturated heterocycles. The van der Waals surface area contributed by atoms with Crippen LogP contribution in [0.5, 0.6) is 0 Å². The molecule has 0 aliphatic heterocycles. The number of nitrogens with zero attached hydrogens (tertiary/aromatic N) is 2. The number of rotatable bonds is 3. The summed E-state index contributed by atoms with van der Waals surface area (Å²) in [5.74, 6) is 1.05. The summed E-state index contributed by atoms with van der Waals surface area (Å²) in [6.45, 7) is 4.91. The molecule has 0 amide bonds. The molecule has 0 aliphatic rings. The first-order valence-electron chi connectivity index (χ1n) is 4.08. The Hall–Kier alpha value is -0.350. The maximum atomic E-state index is 5.47. The number of halogens is 1. The molecule has 2 N–H and O–H groups in total. The minimum Gasteiger partial charge on any atom is -0.330 e. The maximum Gasteiger partial charge on any atom is 0.111 e. The molecule has 0 aliphatic carbocycles. The predicted molar refractivity (Wildman–Crippen MR) is 53.1 cm³/mol. The van der Waals surface area contributed by atoms with Gasteiger partial charge in [-0.1, -0.05) is 0 Å². The van der Waals surface area contributed by atoms with Crippen LogP contribution in [0.4, 0.5) is 0 Å². The molecule has 3 nitrogen and oxygen atoms in total. The molecule has 0 radical (unpaired) electrons. The summed E-state index contributed by atoms with van der Waals surface area (Å²) >= 11 is 3.45. The van der Waals surface area contributed by atoms with Crippen LogP contribution in [0.15, 0.2) is 10.8 Å². The van der Waals surface area contributed by atoms with Crippen LogP contribution in [0.3, 0.4) is 0 Å². The lowest BCUT2D eigenvalue weighted by Crippen LogP contribution is -2.11. The van der Waals surface area contributed by atoms with E-state index >= 15 is 0 Å². The molecular weight excluding hydrogens is 218 g/mol. The molecule has 68 valence electrons. The van der Waals surface area contributed by atoms with Gasteiger partial charge in [0.1, 0.15) is 10.4 Å². The molecule has 0 spiro atoms. The number of nitrogens with two attached hydrogens (primary N) is 1. The zero-order chi connectivity index (χ0) is 9.14. The SMILES string of the molecule is CC(C)n1c(Br)cnc1CCN. The van der Waals surface area contributed by atoms with Gasteiger partial charge in [0.15, 0.2) is 0 Å². The fourth-order valence-electron chi connectivity index (χ4n) is 1.23. The van der Waals surface area contributed by atoms with Crippen molar-refractivity contribution < 1.29 is 0 Å². The fourth-order valence-corrected chi connectivity index (χ4v) is 1.95. The first-order chi connectivity index (χ1) is 5.66. The Morgan fingerprint density at radius 3 is 2.83 bits per heavy atom. The third kappa shape index (κ3) is 1.87. The van der Waals surface area contributed by atoms with Crippen LogP contribution in [0.1, 0.15) is 25.7 Å². The van der Waals surface area contributed by atoms with Crippen LogP contribution < -0.4 is 5.73 Å². The first-order valence-corrected chi connectivity index (χ1v) is 4.87. The smallest absolute Gasteiger partial charge is 0.111 e. The second-order valence-electron chi connectivity index (χ2n) is 3.00. The predicted octanol–water partition coefficient (Wildman–Crippen LogP) is 1.73. The average molecular weight is 232 g/mol. The van der Waals surface area contributed by atoms with Gasteiger partial charge in [0, 0.05) is 12.5 Å². The second-order valence-corrected chi connectivity index (χ2v) is 3.81. The Kier molecular flexibility index (Phi) is 3.29. The summed E-state index contributed by atoms with van der Waals surface area (Å²) in [4.78, 5) is 4.26. The third-order valence-electron chi connectivity index (χ3n) is 1.71. The van der Waals surface area contributed by atoms with E-state index in [1.165, 1.54) is 0 Å². The molecule has 12 heavy (non-hydrogen) atoms. The Morgan fingerprint density at radius 2 is 2.33 bits per heavy atom. The molecule has 0 fully saturated rings. The number of hydrogen-bond donors (Lipinski definition) is 1. The lowest BCUT2D eigenvalue weighted by molar-refractivity contribution is 0.558. The zero-order valence-electron chi connectivity index (χ0n) is 7.42. The number of hydrogen-bond acceptors (Lipinski definition) is 2. The average Bonchev–Trinajstić information content (AvgIpc) is 2.32. The van der Waals surface area contributed by atoms with Crippen LogP contribution >= 0.6 is 15.9 Å². The van der Waals surface area contributed by atoms with Gasteiger partial charge in [0.2, 0.25) is 0 Å². The topological polar surface area (TPSA) is 43.8 Å². The van der Waals surface area contributed by atoms with E-state index in [2.05, 4.69) is 39.3 Å². The summed E-state index contributed by atoms with van der Waals surface area (Å²) in [5.41, 5.74) is 5.47. The highest BCUT2D eigenvalue weighted by molar-refractivity contribution is 9.10. The van der Waals surface area contributed by atoms with Crippen molar-refractivity contribution in [2.75, 3.05) is 6.54 Å². The quantitative estimate of drug-likeness (QED) is 0.862. The minimum absolute atomic E-state index is 0.434. The molecule has 0 bridgehead atoms. The molecule has 0 aromatic carbocycles. The summed E-state index contributed by atoms with van der Waals surface area (Å²) in [7, 11) is 0. The second kappa shape index (κ2) is 4.05. The Labute approximate surface area is 81.1 Å². The van der Waals surface area contributed by atoms with Crippen molar-refractivity contribution in [3.05, 3.63) is 16.6 Å². The lowest BCUT2D eigenvalue weighted by Gasteiger charge is -2.12. The molecule has 0 saturated carbocycles. The molecule has 1 aromatic heterocycles. The summed E-state index contributed by atoms with van der Waals surface area (Å²) in [5, 5.41) is 0. The van der Waals surface area contributed by atoms with Crippen LogP contribution in [0, 0.1) is 0 Å². The Balaban J connectivity index is 2.95. The van der Waals surface area contributed by atoms with Gasteiger partial charge in [0.05, 0.1) is 6.20 Å². The highest BCUT2D eigenvalue weighted by Gasteiger charge is 2.09. The van der Waals surface area contributed by atoms with Gasteiger partial charge < -0.3 is 10.3 Å². The minimum atomic E-state index is 0.434. The largest absolute Gasteiger partial charge is 0.330 e. The van der Waals surface area contributed by atoms with Gasteiger partial charge in [-0.3, -0.25) is 0 Å². The van der Waals surface area contributed by atoms with E-state index in [1.54, 1.807) is 0 Å². The van der Waals surface area contributed by atoms with E-state index in [4.69, 9.17) is 5.73 Å². The highest BCUT2D eigenvalue weighted by Crippen LogP contribution is 2.18. The van der Waals surface area contributed by atoms with E-state index in [1.807, 2.05) is 6.20 Å². The van der Waals surface area contributed by atoms with E-state index in [0.29, 0.717) is 12.6 Å². The van der Waals surface area contributed by atoms with E-state index in [0.717, 1.165) is 16.8 Å². The van der Waals surface area contributed by atoms with Crippen molar-refractivity contribution >= 4 is 15.9 Å².